The zero-order valence-electron chi connectivity index (χ0n) is 26.3. The van der Waals surface area contributed by atoms with Gasteiger partial charge in [-0.3, -0.25) is 4.79 Å². The summed E-state index contributed by atoms with van der Waals surface area (Å²) in [6, 6.07) is 13.5. The molecule has 1 unspecified atom stereocenters. The lowest BCUT2D eigenvalue weighted by Crippen LogP contribution is -2.28. The van der Waals surface area contributed by atoms with Crippen LogP contribution in [0, 0.1) is 11.8 Å². The van der Waals surface area contributed by atoms with E-state index in [-0.39, 0.29) is 19.2 Å². The standard InChI is InChI=1S/C19H24NO2.C15H21NO2.C2H6.H2/c1-13(12-20-7-2-3-8-20)19(21)15-4-5-16-17-10-14(17)6-9-22-18(16)11-15;1-11(2)18-14-9-7-13(8-10-14)15(17)6-4-5-12(3)16;1-2;/h4-5,10-11,13,19,21H,2-3,6-9,12H2,1H3;7-11H,3-6,16H2,1-2H3;1-2H3;1H/t13?,19-;;;/m0.../s1. The van der Waals surface area contributed by atoms with Gasteiger partial charge in [-0.05, 0) is 94.4 Å². The predicted molar refractivity (Wildman–Crippen MR) is 174 cm³/mol. The molecule has 231 valence electrons. The summed E-state index contributed by atoms with van der Waals surface area (Å²) in [5, 5.41) is 10.7. The van der Waals surface area contributed by atoms with Crippen LogP contribution < -0.4 is 15.2 Å². The molecule has 2 aromatic rings. The number of benzene rings is 2. The van der Waals surface area contributed by atoms with Crippen LogP contribution in [0.1, 0.15) is 102 Å². The summed E-state index contributed by atoms with van der Waals surface area (Å²) in [7, 11) is 0. The molecule has 3 N–H and O–H groups in total. The summed E-state index contributed by atoms with van der Waals surface area (Å²) in [5.41, 5.74) is 10.4. The molecule has 1 radical (unpaired) electrons. The molecule has 6 nitrogen and oxygen atoms in total. The van der Waals surface area contributed by atoms with E-state index >= 15 is 0 Å². The lowest BCUT2D eigenvalue weighted by atomic mass is 9.94. The summed E-state index contributed by atoms with van der Waals surface area (Å²) in [6.07, 6.45) is 7.50. The minimum Gasteiger partial charge on any atom is -0.493 e. The first kappa shape index (κ1) is 33.4. The number of hydrogen-bond acceptors (Lipinski definition) is 6. The highest BCUT2D eigenvalue weighted by atomic mass is 16.5. The maximum absolute atomic E-state index is 11.8. The largest absolute Gasteiger partial charge is 0.493 e. The second kappa shape index (κ2) is 16.5. The van der Waals surface area contributed by atoms with Crippen molar-refractivity contribution in [1.29, 1.82) is 0 Å². The number of nitrogens with zero attached hydrogens (tertiary/aromatic N) is 1. The molecule has 0 aromatic heterocycles. The molecule has 6 heteroatoms. The minimum absolute atomic E-state index is 0. The van der Waals surface area contributed by atoms with E-state index in [1.165, 1.54) is 43.0 Å². The van der Waals surface area contributed by atoms with Gasteiger partial charge in [0.05, 0.1) is 24.7 Å². The number of ether oxygens (including phenoxy) is 2. The predicted octanol–water partition coefficient (Wildman–Crippen LogP) is 7.67. The van der Waals surface area contributed by atoms with Crippen LogP contribution in [0.15, 0.2) is 66.4 Å². The number of aliphatic hydroxyl groups is 1. The Morgan fingerprint density at radius 3 is 2.43 bits per heavy atom. The molecule has 3 aliphatic rings. The summed E-state index contributed by atoms with van der Waals surface area (Å²) >= 11 is 0. The first-order valence-corrected chi connectivity index (χ1v) is 15.7. The second-order valence-corrected chi connectivity index (χ2v) is 11.5. The second-order valence-electron chi connectivity index (χ2n) is 11.5. The molecular weight excluding hydrogens is 524 g/mol. The third kappa shape index (κ3) is 10.0. The molecule has 42 heavy (non-hydrogen) atoms. The van der Waals surface area contributed by atoms with E-state index in [4.69, 9.17) is 15.2 Å². The topological polar surface area (TPSA) is 85.0 Å². The Labute approximate surface area is 255 Å². The SMILES string of the molecule is C=C(N)CCCC(=O)c1ccc(OC(C)C)cc1.CC.CC(CN1CCCC1)[C@H](O)c1ccc2c(c1)OCCC1=C[C]12.[HH]. The zero-order chi connectivity index (χ0) is 30.6. The van der Waals surface area contributed by atoms with Crippen LogP contribution in [-0.2, 0) is 0 Å². The van der Waals surface area contributed by atoms with Crippen LogP contribution in [0.3, 0.4) is 0 Å². The van der Waals surface area contributed by atoms with E-state index < -0.39 is 6.10 Å². The van der Waals surface area contributed by atoms with Crippen LogP contribution in [0.25, 0.3) is 0 Å². The third-order valence-electron chi connectivity index (χ3n) is 7.58. The van der Waals surface area contributed by atoms with Crippen molar-refractivity contribution in [3.05, 3.63) is 89.0 Å². The van der Waals surface area contributed by atoms with Gasteiger partial charge in [0.2, 0.25) is 0 Å². The first-order valence-electron chi connectivity index (χ1n) is 15.7. The lowest BCUT2D eigenvalue weighted by molar-refractivity contribution is 0.0942. The van der Waals surface area contributed by atoms with Crippen molar-refractivity contribution < 1.29 is 20.8 Å². The van der Waals surface area contributed by atoms with Gasteiger partial charge in [0.25, 0.3) is 0 Å². The highest BCUT2D eigenvalue weighted by molar-refractivity contribution is 5.96. The molecule has 5 rings (SSSR count). The Balaban J connectivity index is 0.000000284. The van der Waals surface area contributed by atoms with E-state index in [1.807, 2.05) is 45.9 Å². The number of nitrogens with two attached hydrogens (primary N) is 1. The summed E-state index contributed by atoms with van der Waals surface area (Å²) in [4.78, 5) is 14.3. The Bertz CT molecular complexity index is 1190. The van der Waals surface area contributed by atoms with Gasteiger partial charge in [-0.2, -0.15) is 0 Å². The normalized spacial score (nSPS) is 17.1. The van der Waals surface area contributed by atoms with Crippen molar-refractivity contribution in [3.8, 4) is 11.5 Å². The molecule has 0 amide bonds. The van der Waals surface area contributed by atoms with E-state index in [0.717, 1.165) is 43.1 Å². The summed E-state index contributed by atoms with van der Waals surface area (Å²) in [5.74, 6) is 3.44. The number of aliphatic hydroxyl groups excluding tert-OH is 1. The zero-order valence-corrected chi connectivity index (χ0v) is 26.3. The number of carbonyl (C=O) groups excluding carboxylic acids is 1. The quantitative estimate of drug-likeness (QED) is 0.267. The van der Waals surface area contributed by atoms with Crippen molar-refractivity contribution in [2.75, 3.05) is 26.2 Å². The van der Waals surface area contributed by atoms with Crippen LogP contribution in [0.5, 0.6) is 11.5 Å². The smallest absolute Gasteiger partial charge is 0.162 e. The summed E-state index contributed by atoms with van der Waals surface area (Å²) < 4.78 is 11.4. The lowest BCUT2D eigenvalue weighted by Gasteiger charge is -2.25. The number of carbonyl (C=O) groups is 1. The van der Waals surface area contributed by atoms with Crippen molar-refractivity contribution in [2.45, 2.75) is 85.4 Å². The van der Waals surface area contributed by atoms with E-state index in [9.17, 15) is 9.90 Å². The fraction of sp³-hybridized carbons (Fsp3) is 0.500. The summed E-state index contributed by atoms with van der Waals surface area (Å²) in [6.45, 7) is 17.8. The highest BCUT2D eigenvalue weighted by Crippen LogP contribution is 2.47. The van der Waals surface area contributed by atoms with Crippen LogP contribution >= 0.6 is 0 Å². The third-order valence-corrected chi connectivity index (χ3v) is 7.58. The average molecular weight is 578 g/mol. The van der Waals surface area contributed by atoms with Crippen molar-refractivity contribution in [3.63, 3.8) is 0 Å². The van der Waals surface area contributed by atoms with Gasteiger partial charge >= 0.3 is 0 Å². The van der Waals surface area contributed by atoms with E-state index in [1.54, 1.807) is 12.1 Å². The number of likely N-dealkylation sites (tertiary alicyclic amines) is 1. The molecule has 1 saturated heterocycles. The number of hydrogen-bond donors (Lipinski definition) is 2. The Hall–Kier alpha value is -3.09. The molecular formula is C36H53N2O4. The molecule has 2 aliphatic heterocycles. The molecule has 2 atom stereocenters. The maximum atomic E-state index is 11.8. The van der Waals surface area contributed by atoms with Gasteiger partial charge in [0.1, 0.15) is 11.5 Å². The highest BCUT2D eigenvalue weighted by Gasteiger charge is 2.33. The number of rotatable bonds is 11. The molecule has 1 fully saturated rings. The van der Waals surface area contributed by atoms with Crippen LogP contribution in [-0.4, -0.2) is 48.1 Å². The van der Waals surface area contributed by atoms with Gasteiger partial charge < -0.3 is 25.2 Å². The van der Waals surface area contributed by atoms with Crippen molar-refractivity contribution >= 4 is 5.78 Å². The molecule has 1 aliphatic carbocycles. The first-order chi connectivity index (χ1) is 20.2. The minimum atomic E-state index is -0.422. The number of allylic oxidation sites excluding steroid dienone is 2. The van der Waals surface area contributed by atoms with Gasteiger partial charge in [-0.15, -0.1) is 0 Å². The number of Topliss-reactive ketones (excluding diaryl/α,β-unsaturated/α-hetero) is 1. The van der Waals surface area contributed by atoms with Crippen LogP contribution in [0.4, 0.5) is 0 Å². The number of ketones is 1. The molecule has 2 aromatic carbocycles. The van der Waals surface area contributed by atoms with E-state index in [0.29, 0.717) is 24.1 Å². The van der Waals surface area contributed by atoms with Crippen LogP contribution in [0.2, 0.25) is 0 Å². The fourth-order valence-corrected chi connectivity index (χ4v) is 5.34. The monoisotopic (exact) mass is 577 g/mol. The van der Waals surface area contributed by atoms with Crippen molar-refractivity contribution in [1.82, 2.24) is 4.90 Å². The number of fused-ring (bicyclic) bond motifs is 3. The van der Waals surface area contributed by atoms with Gasteiger partial charge in [-0.25, -0.2) is 0 Å². The molecule has 2 heterocycles. The maximum Gasteiger partial charge on any atom is 0.162 e. The average Bonchev–Trinajstić information content (AvgIpc) is 3.60. The molecule has 0 saturated carbocycles. The fourth-order valence-electron chi connectivity index (χ4n) is 5.34. The molecule has 0 spiro atoms. The Morgan fingerprint density at radius 2 is 1.79 bits per heavy atom. The van der Waals surface area contributed by atoms with Gasteiger partial charge in [0.15, 0.2) is 5.78 Å². The Morgan fingerprint density at radius 1 is 1.10 bits per heavy atom. The van der Waals surface area contributed by atoms with Gasteiger partial charge in [-0.1, -0.05) is 51.1 Å². The van der Waals surface area contributed by atoms with E-state index in [2.05, 4.69) is 36.6 Å². The van der Waals surface area contributed by atoms with Gasteiger partial charge in [0, 0.05) is 37.6 Å². The Kier molecular flexibility index (Phi) is 13.1. The molecule has 0 bridgehead atoms. The van der Waals surface area contributed by atoms with Crippen molar-refractivity contribution in [2.24, 2.45) is 11.7 Å².